The summed E-state index contributed by atoms with van der Waals surface area (Å²) in [6.07, 6.45) is 0.747. The summed E-state index contributed by atoms with van der Waals surface area (Å²) in [6.45, 7) is 0. The normalized spacial score (nSPS) is 11.2. The third-order valence-corrected chi connectivity index (χ3v) is 4.94. The predicted octanol–water partition coefficient (Wildman–Crippen LogP) is 3.87. The molecule has 23 heavy (non-hydrogen) atoms. The monoisotopic (exact) mass is 320 g/mol. The van der Waals surface area contributed by atoms with Gasteiger partial charge in [-0.3, -0.25) is 4.68 Å². The van der Waals surface area contributed by atoms with Crippen LogP contribution in [0.1, 0.15) is 11.3 Å². The van der Waals surface area contributed by atoms with E-state index >= 15 is 0 Å². The van der Waals surface area contributed by atoms with E-state index in [4.69, 9.17) is 10.7 Å². The van der Waals surface area contributed by atoms with Crippen LogP contribution >= 0.6 is 11.3 Å². The van der Waals surface area contributed by atoms with E-state index in [1.54, 1.807) is 16.0 Å². The summed E-state index contributed by atoms with van der Waals surface area (Å²) in [5.41, 5.74) is 10.4. The van der Waals surface area contributed by atoms with Crippen LogP contribution in [0.15, 0.2) is 54.6 Å². The summed E-state index contributed by atoms with van der Waals surface area (Å²) in [5, 5.41) is 5.54. The van der Waals surface area contributed by atoms with Gasteiger partial charge in [-0.05, 0) is 17.7 Å². The Balaban J connectivity index is 1.84. The molecule has 0 radical (unpaired) electrons. The van der Waals surface area contributed by atoms with Crippen LogP contribution in [0.25, 0.3) is 20.8 Å². The lowest BCUT2D eigenvalue weighted by atomic mass is 10.1. The highest BCUT2D eigenvalue weighted by atomic mass is 32.1. The van der Waals surface area contributed by atoms with Crippen molar-refractivity contribution >= 4 is 27.4 Å². The van der Waals surface area contributed by atoms with E-state index in [1.807, 2.05) is 43.4 Å². The number of hydrogen-bond donors (Lipinski definition) is 1. The number of aromatic nitrogens is 3. The van der Waals surface area contributed by atoms with Crippen LogP contribution in [0.4, 0.5) is 5.82 Å². The van der Waals surface area contributed by atoms with Crippen LogP contribution in [0, 0.1) is 0 Å². The number of para-hydroxylation sites is 1. The Kier molecular flexibility index (Phi) is 3.35. The van der Waals surface area contributed by atoms with Gasteiger partial charge < -0.3 is 5.73 Å². The average molecular weight is 320 g/mol. The summed E-state index contributed by atoms with van der Waals surface area (Å²) in [6, 6.07) is 18.5. The molecule has 4 nitrogen and oxygen atoms in total. The zero-order chi connectivity index (χ0) is 15.8. The molecule has 5 heteroatoms. The maximum atomic E-state index is 6.28. The lowest BCUT2D eigenvalue weighted by molar-refractivity contribution is 0.759. The fourth-order valence-corrected chi connectivity index (χ4v) is 3.76. The number of fused-ring (bicyclic) bond motifs is 1. The van der Waals surface area contributed by atoms with E-state index in [-0.39, 0.29) is 0 Å². The Morgan fingerprint density at radius 1 is 1.04 bits per heavy atom. The lowest BCUT2D eigenvalue weighted by Gasteiger charge is -2.01. The van der Waals surface area contributed by atoms with Crippen LogP contribution in [0.2, 0.25) is 0 Å². The first-order chi connectivity index (χ1) is 11.2. The van der Waals surface area contributed by atoms with Gasteiger partial charge in [-0.1, -0.05) is 42.5 Å². The molecule has 0 fully saturated rings. The summed E-state index contributed by atoms with van der Waals surface area (Å²) < 4.78 is 2.90. The Bertz CT molecular complexity index is 936. The first-order valence-corrected chi connectivity index (χ1v) is 8.25. The lowest BCUT2D eigenvalue weighted by Crippen LogP contribution is -1.97. The van der Waals surface area contributed by atoms with Crippen molar-refractivity contribution in [1.29, 1.82) is 0 Å². The number of thiazole rings is 1. The molecule has 2 N–H and O–H groups in total. The summed E-state index contributed by atoms with van der Waals surface area (Å²) in [7, 11) is 1.88. The number of benzene rings is 2. The number of nitrogen functional groups attached to an aromatic ring is 1. The molecule has 0 saturated carbocycles. The quantitative estimate of drug-likeness (QED) is 0.623. The van der Waals surface area contributed by atoms with Gasteiger partial charge in [-0.2, -0.15) is 5.10 Å². The minimum Gasteiger partial charge on any atom is -0.383 e. The fraction of sp³-hybridized carbons (Fsp3) is 0.111. The topological polar surface area (TPSA) is 56.7 Å². The molecule has 4 rings (SSSR count). The van der Waals surface area contributed by atoms with Crippen LogP contribution < -0.4 is 5.73 Å². The van der Waals surface area contributed by atoms with Crippen LogP contribution in [-0.2, 0) is 13.5 Å². The molecule has 2 heterocycles. The molecule has 4 aromatic rings. The highest BCUT2D eigenvalue weighted by Gasteiger charge is 2.19. The minimum atomic E-state index is 0.662. The van der Waals surface area contributed by atoms with Crippen molar-refractivity contribution in [2.24, 2.45) is 7.05 Å². The first kappa shape index (κ1) is 14.0. The largest absolute Gasteiger partial charge is 0.383 e. The van der Waals surface area contributed by atoms with E-state index < -0.39 is 0 Å². The van der Waals surface area contributed by atoms with Crippen molar-refractivity contribution in [3.63, 3.8) is 0 Å². The molecule has 0 spiro atoms. The number of hydrogen-bond acceptors (Lipinski definition) is 4. The van der Waals surface area contributed by atoms with E-state index in [9.17, 15) is 0 Å². The molecule has 2 aromatic carbocycles. The smallest absolute Gasteiger partial charge is 0.132 e. The maximum absolute atomic E-state index is 6.28. The van der Waals surface area contributed by atoms with Crippen molar-refractivity contribution < 1.29 is 0 Å². The second-order valence-electron chi connectivity index (χ2n) is 5.48. The van der Waals surface area contributed by atoms with Crippen molar-refractivity contribution in [1.82, 2.24) is 14.8 Å². The fourth-order valence-electron chi connectivity index (χ4n) is 2.72. The SMILES string of the molecule is Cn1nc(Cc2ccccc2)c(-c2nc3ccccc3s2)c1N. The van der Waals surface area contributed by atoms with Gasteiger partial charge in [-0.25, -0.2) is 4.98 Å². The highest BCUT2D eigenvalue weighted by molar-refractivity contribution is 7.21. The minimum absolute atomic E-state index is 0.662. The molecule has 2 aromatic heterocycles. The third-order valence-electron chi connectivity index (χ3n) is 3.89. The molecule has 0 aliphatic heterocycles. The van der Waals surface area contributed by atoms with Gasteiger partial charge in [0.25, 0.3) is 0 Å². The Morgan fingerprint density at radius 3 is 2.57 bits per heavy atom. The summed E-state index contributed by atoms with van der Waals surface area (Å²) in [4.78, 5) is 4.74. The molecular weight excluding hydrogens is 304 g/mol. The average Bonchev–Trinajstić information content (AvgIpc) is 3.09. The van der Waals surface area contributed by atoms with Crippen molar-refractivity contribution in [3.8, 4) is 10.6 Å². The molecule has 0 aliphatic rings. The Hall–Kier alpha value is -2.66. The predicted molar refractivity (Wildman–Crippen MR) is 95.5 cm³/mol. The first-order valence-electron chi connectivity index (χ1n) is 7.43. The summed E-state index contributed by atoms with van der Waals surface area (Å²) in [5.74, 6) is 0.662. The Morgan fingerprint density at radius 2 is 1.78 bits per heavy atom. The van der Waals surface area contributed by atoms with Gasteiger partial charge in [0.15, 0.2) is 0 Å². The van der Waals surface area contributed by atoms with Gasteiger partial charge >= 0.3 is 0 Å². The standard InChI is InChI=1S/C18H16N4S/c1-22-17(19)16(14(21-22)11-12-7-3-2-4-8-12)18-20-13-9-5-6-10-15(13)23-18/h2-10H,11,19H2,1H3. The molecule has 0 aliphatic carbocycles. The molecule has 0 unspecified atom stereocenters. The van der Waals surface area contributed by atoms with Gasteiger partial charge in [0.05, 0.1) is 21.5 Å². The highest BCUT2D eigenvalue weighted by Crippen LogP contribution is 2.36. The third kappa shape index (κ3) is 2.49. The molecule has 0 amide bonds. The number of nitrogens with two attached hydrogens (primary N) is 1. The number of rotatable bonds is 3. The van der Waals surface area contributed by atoms with Crippen molar-refractivity contribution in [2.45, 2.75) is 6.42 Å². The van der Waals surface area contributed by atoms with E-state index in [1.165, 1.54) is 5.56 Å². The second-order valence-corrected chi connectivity index (χ2v) is 6.51. The number of anilines is 1. The van der Waals surface area contributed by atoms with E-state index in [2.05, 4.69) is 23.3 Å². The zero-order valence-corrected chi connectivity index (χ0v) is 13.5. The van der Waals surface area contributed by atoms with Crippen molar-refractivity contribution in [2.75, 3.05) is 5.73 Å². The van der Waals surface area contributed by atoms with Crippen molar-refractivity contribution in [3.05, 3.63) is 65.9 Å². The maximum Gasteiger partial charge on any atom is 0.132 e. The number of aryl methyl sites for hydroxylation is 1. The van der Waals surface area contributed by atoms with Gasteiger partial charge in [0.2, 0.25) is 0 Å². The second kappa shape index (κ2) is 5.52. The molecule has 0 saturated heterocycles. The zero-order valence-electron chi connectivity index (χ0n) is 12.7. The van der Waals surface area contributed by atoms with E-state index in [0.29, 0.717) is 5.82 Å². The van der Waals surface area contributed by atoms with Crippen LogP contribution in [0.3, 0.4) is 0 Å². The molecule has 114 valence electrons. The number of nitrogens with zero attached hydrogens (tertiary/aromatic N) is 3. The van der Waals surface area contributed by atoms with Gasteiger partial charge in [0, 0.05) is 13.5 Å². The van der Waals surface area contributed by atoms with Gasteiger partial charge in [0.1, 0.15) is 10.8 Å². The molecule has 0 atom stereocenters. The van der Waals surface area contributed by atoms with E-state index in [0.717, 1.165) is 32.9 Å². The molecule has 0 bridgehead atoms. The summed E-state index contributed by atoms with van der Waals surface area (Å²) >= 11 is 1.66. The molecular formula is C18H16N4S. The van der Waals surface area contributed by atoms with Crippen LogP contribution in [-0.4, -0.2) is 14.8 Å². The Labute approximate surface area is 138 Å². The van der Waals surface area contributed by atoms with Crippen LogP contribution in [0.5, 0.6) is 0 Å². The van der Waals surface area contributed by atoms with Gasteiger partial charge in [-0.15, -0.1) is 11.3 Å².